The fourth-order valence-corrected chi connectivity index (χ4v) is 3.91. The molecular weight excluding hydrogens is 439 g/mol. The predicted octanol–water partition coefficient (Wildman–Crippen LogP) is 4.06. The number of aromatic nitrogens is 1. The van der Waals surface area contributed by atoms with Crippen molar-refractivity contribution in [3.63, 3.8) is 0 Å². The molecule has 10 heteroatoms. The summed E-state index contributed by atoms with van der Waals surface area (Å²) in [6.07, 6.45) is -2.71. The lowest BCUT2D eigenvalue weighted by atomic mass is 9.93. The number of carboxylic acid groups (broad SMARTS) is 1. The van der Waals surface area contributed by atoms with Gasteiger partial charge in [-0.3, -0.25) is 9.59 Å². The largest absolute Gasteiger partial charge is 0.494 e. The first-order valence-corrected chi connectivity index (χ1v) is 10.6. The van der Waals surface area contributed by atoms with Gasteiger partial charge in [-0.05, 0) is 55.2 Å². The first-order chi connectivity index (χ1) is 15.6. The lowest BCUT2D eigenvalue weighted by Crippen LogP contribution is -2.43. The second-order valence-electron chi connectivity index (χ2n) is 7.96. The van der Waals surface area contributed by atoms with Crippen LogP contribution < -0.4 is 10.1 Å². The molecule has 0 spiro atoms. The predicted molar refractivity (Wildman–Crippen MR) is 115 cm³/mol. The molecule has 1 aliphatic rings. The smallest absolute Gasteiger partial charge is 0.406 e. The number of carbonyl (C=O) groups excluding carboxylic acids is 1. The number of hydrogen-bond donors (Lipinski definition) is 2. The van der Waals surface area contributed by atoms with Crippen molar-refractivity contribution in [2.75, 3.05) is 25.0 Å². The van der Waals surface area contributed by atoms with Gasteiger partial charge in [-0.2, -0.15) is 13.2 Å². The Labute approximate surface area is 189 Å². The van der Waals surface area contributed by atoms with Crippen LogP contribution in [0.3, 0.4) is 0 Å². The Balaban J connectivity index is 1.71. The SMILES string of the molecule is C[C@H]1c2cc(OCCCNc3ccccn3)ccc2CC(CC(=O)O)C(=O)N1CC(F)(F)F. The van der Waals surface area contributed by atoms with Crippen LogP contribution in [0.1, 0.15) is 36.9 Å². The second kappa shape index (κ2) is 10.5. The van der Waals surface area contributed by atoms with E-state index in [0.717, 1.165) is 10.7 Å². The summed E-state index contributed by atoms with van der Waals surface area (Å²) in [5.41, 5.74) is 1.18. The summed E-state index contributed by atoms with van der Waals surface area (Å²) < 4.78 is 45.3. The number of nitrogens with zero attached hydrogens (tertiary/aromatic N) is 2. The molecule has 1 aromatic heterocycles. The summed E-state index contributed by atoms with van der Waals surface area (Å²) in [5.74, 6) is -1.86. The number of amides is 1. The highest BCUT2D eigenvalue weighted by molar-refractivity contribution is 5.84. The Morgan fingerprint density at radius 3 is 2.76 bits per heavy atom. The van der Waals surface area contributed by atoms with E-state index < -0.39 is 43.0 Å². The molecule has 0 bridgehead atoms. The normalized spacial score (nSPS) is 18.4. The van der Waals surface area contributed by atoms with Gasteiger partial charge in [0.25, 0.3) is 0 Å². The van der Waals surface area contributed by atoms with Crippen LogP contribution in [-0.4, -0.2) is 52.7 Å². The molecule has 2 atom stereocenters. The van der Waals surface area contributed by atoms with E-state index in [1.54, 1.807) is 24.4 Å². The minimum Gasteiger partial charge on any atom is -0.494 e. The van der Waals surface area contributed by atoms with E-state index in [9.17, 15) is 22.8 Å². The topological polar surface area (TPSA) is 91.8 Å². The molecule has 2 heterocycles. The Morgan fingerprint density at radius 2 is 2.09 bits per heavy atom. The van der Waals surface area contributed by atoms with Crippen molar-refractivity contribution in [3.05, 3.63) is 53.7 Å². The van der Waals surface area contributed by atoms with Gasteiger partial charge in [0.2, 0.25) is 5.91 Å². The van der Waals surface area contributed by atoms with Gasteiger partial charge >= 0.3 is 12.1 Å². The maximum atomic E-state index is 13.2. The van der Waals surface area contributed by atoms with E-state index >= 15 is 0 Å². The van der Waals surface area contributed by atoms with Crippen LogP contribution in [0, 0.1) is 5.92 Å². The monoisotopic (exact) mass is 465 g/mol. The lowest BCUT2D eigenvalue weighted by molar-refractivity contribution is -0.168. The molecule has 2 aromatic rings. The number of halogens is 3. The van der Waals surface area contributed by atoms with E-state index in [2.05, 4.69) is 10.3 Å². The third-order valence-electron chi connectivity index (χ3n) is 5.47. The maximum absolute atomic E-state index is 13.2. The van der Waals surface area contributed by atoms with Gasteiger partial charge < -0.3 is 20.1 Å². The number of rotatable bonds is 9. The molecule has 178 valence electrons. The molecule has 0 radical (unpaired) electrons. The number of anilines is 1. The number of pyridine rings is 1. The number of nitrogens with one attached hydrogen (secondary N) is 1. The fourth-order valence-electron chi connectivity index (χ4n) is 3.91. The van der Waals surface area contributed by atoms with E-state index in [1.165, 1.54) is 6.92 Å². The third-order valence-corrected chi connectivity index (χ3v) is 5.47. The number of benzene rings is 1. The summed E-state index contributed by atoms with van der Waals surface area (Å²) in [7, 11) is 0. The third kappa shape index (κ3) is 6.84. The van der Waals surface area contributed by atoms with Crippen molar-refractivity contribution in [1.82, 2.24) is 9.88 Å². The van der Waals surface area contributed by atoms with Crippen LogP contribution in [0.15, 0.2) is 42.6 Å². The van der Waals surface area contributed by atoms with Gasteiger partial charge in [0.05, 0.1) is 25.0 Å². The van der Waals surface area contributed by atoms with Crippen LogP contribution in [0.25, 0.3) is 0 Å². The highest BCUT2D eigenvalue weighted by Crippen LogP contribution is 2.36. The van der Waals surface area contributed by atoms with Crippen LogP contribution in [-0.2, 0) is 16.0 Å². The van der Waals surface area contributed by atoms with Crippen molar-refractivity contribution in [1.29, 1.82) is 0 Å². The van der Waals surface area contributed by atoms with Crippen molar-refractivity contribution < 1.29 is 32.6 Å². The maximum Gasteiger partial charge on any atom is 0.406 e. The Kier molecular flexibility index (Phi) is 7.78. The molecule has 0 saturated heterocycles. The Hall–Kier alpha value is -3.30. The summed E-state index contributed by atoms with van der Waals surface area (Å²) in [6, 6.07) is 9.71. The van der Waals surface area contributed by atoms with Gasteiger partial charge in [-0.1, -0.05) is 12.1 Å². The quantitative estimate of drug-likeness (QED) is 0.543. The molecule has 1 aliphatic heterocycles. The standard InChI is InChI=1S/C23H26F3N3O4/c1-15-19-13-18(33-10-4-9-28-20-5-2-3-8-27-20)7-6-16(19)11-17(12-21(30)31)22(32)29(15)14-23(24,25)26/h2-3,5-8,13,15,17H,4,9-12,14H2,1H3,(H,27,28)(H,30,31)/t15-,17?/m0/s1. The number of alkyl halides is 3. The molecular formula is C23H26F3N3O4. The summed E-state index contributed by atoms with van der Waals surface area (Å²) in [6.45, 7) is 1.09. The number of carboxylic acids is 1. The molecule has 1 amide bonds. The minimum absolute atomic E-state index is 0.0629. The first-order valence-electron chi connectivity index (χ1n) is 10.6. The van der Waals surface area contributed by atoms with Gasteiger partial charge in [0.15, 0.2) is 0 Å². The molecule has 2 N–H and O–H groups in total. The second-order valence-corrected chi connectivity index (χ2v) is 7.96. The first kappa shape index (κ1) is 24.3. The van der Waals surface area contributed by atoms with Crippen LogP contribution in [0.2, 0.25) is 0 Å². The molecule has 1 aromatic carbocycles. The zero-order valence-electron chi connectivity index (χ0n) is 18.1. The number of hydrogen-bond acceptors (Lipinski definition) is 5. The number of aliphatic carboxylic acids is 1. The van der Waals surface area contributed by atoms with Gasteiger partial charge in [0.1, 0.15) is 18.1 Å². The average molecular weight is 465 g/mol. The Morgan fingerprint density at radius 1 is 1.30 bits per heavy atom. The van der Waals surface area contributed by atoms with Gasteiger partial charge in [-0.15, -0.1) is 0 Å². The van der Waals surface area contributed by atoms with E-state index in [4.69, 9.17) is 9.84 Å². The zero-order valence-corrected chi connectivity index (χ0v) is 18.1. The molecule has 7 nitrogen and oxygen atoms in total. The van der Waals surface area contributed by atoms with E-state index in [-0.39, 0.29) is 6.42 Å². The van der Waals surface area contributed by atoms with Gasteiger partial charge in [0, 0.05) is 12.7 Å². The molecule has 1 unspecified atom stereocenters. The van der Waals surface area contributed by atoms with Crippen molar-refractivity contribution in [2.45, 2.75) is 38.4 Å². The molecule has 0 aliphatic carbocycles. The van der Waals surface area contributed by atoms with Crippen molar-refractivity contribution in [2.24, 2.45) is 5.92 Å². The van der Waals surface area contributed by atoms with Crippen molar-refractivity contribution >= 4 is 17.7 Å². The zero-order chi connectivity index (χ0) is 24.0. The summed E-state index contributed by atoms with van der Waals surface area (Å²) in [5, 5.41) is 12.3. The summed E-state index contributed by atoms with van der Waals surface area (Å²) >= 11 is 0. The van der Waals surface area contributed by atoms with Crippen molar-refractivity contribution in [3.8, 4) is 5.75 Å². The Bertz CT molecular complexity index is 969. The molecule has 0 saturated carbocycles. The minimum atomic E-state index is -4.60. The van der Waals surface area contributed by atoms with E-state index in [0.29, 0.717) is 36.4 Å². The van der Waals surface area contributed by atoms with Crippen LogP contribution in [0.4, 0.5) is 19.0 Å². The van der Waals surface area contributed by atoms with Crippen LogP contribution in [0.5, 0.6) is 5.75 Å². The number of fused-ring (bicyclic) bond motifs is 1. The summed E-state index contributed by atoms with van der Waals surface area (Å²) in [4.78, 5) is 28.9. The molecule has 3 rings (SSSR count). The lowest BCUT2D eigenvalue weighted by Gasteiger charge is -2.30. The number of carbonyl (C=O) groups is 2. The average Bonchev–Trinajstić information content (AvgIpc) is 2.84. The molecule has 33 heavy (non-hydrogen) atoms. The fraction of sp³-hybridized carbons (Fsp3) is 0.435. The number of ether oxygens (including phenoxy) is 1. The van der Waals surface area contributed by atoms with Gasteiger partial charge in [-0.25, -0.2) is 4.98 Å². The molecule has 0 fully saturated rings. The highest BCUT2D eigenvalue weighted by atomic mass is 19.4. The van der Waals surface area contributed by atoms with Crippen LogP contribution >= 0.6 is 0 Å². The van der Waals surface area contributed by atoms with E-state index in [1.807, 2.05) is 18.2 Å². The highest BCUT2D eigenvalue weighted by Gasteiger charge is 2.41.